The minimum Gasteiger partial charge on any atom is -0.494 e. The first kappa shape index (κ1) is 20.6. The Balaban J connectivity index is 1.66. The van der Waals surface area contributed by atoms with Crippen molar-refractivity contribution in [3.63, 3.8) is 0 Å². The number of anilines is 1. The second-order valence-corrected chi connectivity index (χ2v) is 7.07. The van der Waals surface area contributed by atoms with Gasteiger partial charge in [0.25, 0.3) is 0 Å². The number of ether oxygens (including phenoxy) is 1. The summed E-state index contributed by atoms with van der Waals surface area (Å²) in [6.45, 7) is 5.23. The fourth-order valence-corrected chi connectivity index (χ4v) is 3.18. The number of carbonyl (C=O) groups is 1. The molecule has 3 rings (SSSR count). The van der Waals surface area contributed by atoms with Gasteiger partial charge in [0.2, 0.25) is 5.91 Å². The average molecular weight is 389 g/mol. The smallest absolute Gasteiger partial charge is 0.241 e. The van der Waals surface area contributed by atoms with Gasteiger partial charge in [-0.05, 0) is 50.2 Å². The van der Waals surface area contributed by atoms with Gasteiger partial charge in [0.1, 0.15) is 5.75 Å². The molecule has 1 atom stereocenters. The Morgan fingerprint density at radius 1 is 0.966 bits per heavy atom. The first-order valence-electron chi connectivity index (χ1n) is 9.95. The highest BCUT2D eigenvalue weighted by Gasteiger charge is 2.19. The molecule has 0 aromatic heterocycles. The van der Waals surface area contributed by atoms with E-state index in [4.69, 9.17) is 4.74 Å². The number of amides is 1. The van der Waals surface area contributed by atoms with E-state index in [0.717, 1.165) is 28.1 Å². The number of para-hydroxylation sites is 1. The Kier molecular flexibility index (Phi) is 7.04. The van der Waals surface area contributed by atoms with Crippen LogP contribution >= 0.6 is 0 Å². The van der Waals surface area contributed by atoms with Gasteiger partial charge in [-0.25, -0.2) is 0 Å². The molecule has 0 radical (unpaired) electrons. The Morgan fingerprint density at radius 2 is 1.62 bits per heavy atom. The minimum absolute atomic E-state index is 0.0261. The van der Waals surface area contributed by atoms with E-state index in [9.17, 15) is 4.79 Å². The van der Waals surface area contributed by atoms with Gasteiger partial charge in [-0.15, -0.1) is 0 Å². The van der Waals surface area contributed by atoms with E-state index in [2.05, 4.69) is 5.32 Å². The zero-order valence-electron chi connectivity index (χ0n) is 17.3. The predicted molar refractivity (Wildman–Crippen MR) is 119 cm³/mol. The van der Waals surface area contributed by atoms with Crippen LogP contribution in [0.3, 0.4) is 0 Å². The second-order valence-electron chi connectivity index (χ2n) is 7.07. The molecule has 0 unspecified atom stereocenters. The molecule has 1 amide bonds. The van der Waals surface area contributed by atoms with Crippen LogP contribution in [-0.2, 0) is 11.3 Å². The van der Waals surface area contributed by atoms with Crippen LogP contribution < -0.4 is 10.1 Å². The van der Waals surface area contributed by atoms with Crippen molar-refractivity contribution >= 4 is 11.6 Å². The molecule has 0 saturated heterocycles. The Hall–Kier alpha value is -3.11. The van der Waals surface area contributed by atoms with Crippen molar-refractivity contribution in [3.05, 3.63) is 84.4 Å². The van der Waals surface area contributed by atoms with Crippen molar-refractivity contribution in [1.29, 1.82) is 0 Å². The van der Waals surface area contributed by atoms with Gasteiger partial charge >= 0.3 is 0 Å². The van der Waals surface area contributed by atoms with E-state index in [-0.39, 0.29) is 11.9 Å². The fourth-order valence-electron chi connectivity index (χ4n) is 3.18. The Morgan fingerprint density at radius 3 is 2.31 bits per heavy atom. The van der Waals surface area contributed by atoms with E-state index in [1.807, 2.05) is 105 Å². The number of carbonyl (C=O) groups excluding carboxylic acids is 1. The molecule has 0 aliphatic heterocycles. The molecule has 0 saturated carbocycles. The summed E-state index contributed by atoms with van der Waals surface area (Å²) in [6, 6.07) is 25.7. The molecule has 0 aliphatic carbocycles. The standard InChI is InChI=1S/C25H28N2O2/c1-4-29-22-16-14-20(15-17-22)18-27(3)19(2)25(28)26-24-13-9-8-12-23(24)21-10-6-5-7-11-21/h5-17,19H,4,18H2,1-3H3,(H,26,28)/t19-/m1/s1. The highest BCUT2D eigenvalue weighted by molar-refractivity contribution is 5.98. The molecule has 0 heterocycles. The second kappa shape index (κ2) is 9.89. The van der Waals surface area contributed by atoms with Crippen LogP contribution in [0.1, 0.15) is 19.4 Å². The van der Waals surface area contributed by atoms with Crippen molar-refractivity contribution < 1.29 is 9.53 Å². The number of nitrogens with zero attached hydrogens (tertiary/aromatic N) is 1. The maximum absolute atomic E-state index is 12.9. The van der Waals surface area contributed by atoms with E-state index < -0.39 is 0 Å². The number of nitrogens with one attached hydrogen (secondary N) is 1. The molecule has 0 fully saturated rings. The monoisotopic (exact) mass is 388 g/mol. The summed E-state index contributed by atoms with van der Waals surface area (Å²) >= 11 is 0. The third-order valence-electron chi connectivity index (χ3n) is 4.98. The van der Waals surface area contributed by atoms with Crippen molar-refractivity contribution in [2.45, 2.75) is 26.4 Å². The van der Waals surface area contributed by atoms with E-state index in [1.165, 1.54) is 0 Å². The highest BCUT2D eigenvalue weighted by Crippen LogP contribution is 2.27. The van der Waals surface area contributed by atoms with Gasteiger partial charge < -0.3 is 10.1 Å². The first-order chi connectivity index (χ1) is 14.1. The normalized spacial score (nSPS) is 11.9. The van der Waals surface area contributed by atoms with Crippen LogP contribution in [-0.4, -0.2) is 30.5 Å². The van der Waals surface area contributed by atoms with Crippen molar-refractivity contribution in [1.82, 2.24) is 4.90 Å². The molecular formula is C25H28N2O2. The van der Waals surface area contributed by atoms with Crippen LogP contribution in [0, 0.1) is 0 Å². The van der Waals surface area contributed by atoms with E-state index >= 15 is 0 Å². The molecule has 150 valence electrons. The van der Waals surface area contributed by atoms with Crippen molar-refractivity contribution in [2.75, 3.05) is 19.0 Å². The fraction of sp³-hybridized carbons (Fsp3) is 0.240. The molecule has 4 heteroatoms. The number of rotatable bonds is 8. The SMILES string of the molecule is CCOc1ccc(CN(C)[C@H](C)C(=O)Nc2ccccc2-c2ccccc2)cc1. The summed E-state index contributed by atoms with van der Waals surface area (Å²) < 4.78 is 5.49. The first-order valence-corrected chi connectivity index (χ1v) is 9.95. The van der Waals surface area contributed by atoms with Gasteiger partial charge in [0.15, 0.2) is 0 Å². The summed E-state index contributed by atoms with van der Waals surface area (Å²) in [5, 5.41) is 3.10. The van der Waals surface area contributed by atoms with Crippen LogP contribution in [0.4, 0.5) is 5.69 Å². The third-order valence-corrected chi connectivity index (χ3v) is 4.98. The molecule has 0 spiro atoms. The third kappa shape index (κ3) is 5.46. The van der Waals surface area contributed by atoms with Gasteiger partial charge in [0, 0.05) is 17.8 Å². The topological polar surface area (TPSA) is 41.6 Å². The summed E-state index contributed by atoms with van der Waals surface area (Å²) in [5.41, 5.74) is 4.06. The molecule has 3 aromatic rings. The van der Waals surface area contributed by atoms with Crippen molar-refractivity contribution in [2.24, 2.45) is 0 Å². The largest absolute Gasteiger partial charge is 0.494 e. The lowest BCUT2D eigenvalue weighted by atomic mass is 10.0. The average Bonchev–Trinajstić information content (AvgIpc) is 2.75. The lowest BCUT2D eigenvalue weighted by Crippen LogP contribution is -2.39. The summed E-state index contributed by atoms with van der Waals surface area (Å²) in [6.07, 6.45) is 0. The van der Waals surface area contributed by atoms with E-state index in [1.54, 1.807) is 0 Å². The maximum atomic E-state index is 12.9. The zero-order valence-corrected chi connectivity index (χ0v) is 17.3. The summed E-state index contributed by atoms with van der Waals surface area (Å²) in [4.78, 5) is 14.9. The van der Waals surface area contributed by atoms with Gasteiger partial charge in [-0.3, -0.25) is 9.69 Å². The zero-order chi connectivity index (χ0) is 20.6. The summed E-state index contributed by atoms with van der Waals surface area (Å²) in [7, 11) is 1.96. The lowest BCUT2D eigenvalue weighted by molar-refractivity contribution is -0.120. The van der Waals surface area contributed by atoms with Crippen molar-refractivity contribution in [3.8, 4) is 16.9 Å². The Labute approximate surface area is 173 Å². The number of benzene rings is 3. The molecule has 3 aromatic carbocycles. The minimum atomic E-state index is -0.273. The quantitative estimate of drug-likeness (QED) is 0.576. The number of hydrogen-bond donors (Lipinski definition) is 1. The molecule has 4 nitrogen and oxygen atoms in total. The predicted octanol–water partition coefficient (Wildman–Crippen LogP) is 5.21. The molecule has 1 N–H and O–H groups in total. The van der Waals surface area contributed by atoms with Gasteiger partial charge in [0.05, 0.1) is 12.6 Å². The molecule has 0 bridgehead atoms. The van der Waals surface area contributed by atoms with Gasteiger partial charge in [-0.2, -0.15) is 0 Å². The Bertz CT molecular complexity index is 923. The molecular weight excluding hydrogens is 360 g/mol. The van der Waals surface area contributed by atoms with Gasteiger partial charge in [-0.1, -0.05) is 60.7 Å². The van der Waals surface area contributed by atoms with Crippen LogP contribution in [0.25, 0.3) is 11.1 Å². The van der Waals surface area contributed by atoms with E-state index in [0.29, 0.717) is 13.2 Å². The lowest BCUT2D eigenvalue weighted by Gasteiger charge is -2.24. The van der Waals surface area contributed by atoms with Crippen LogP contribution in [0.5, 0.6) is 5.75 Å². The number of likely N-dealkylation sites (N-methyl/N-ethyl adjacent to an activating group) is 1. The molecule has 29 heavy (non-hydrogen) atoms. The van der Waals surface area contributed by atoms with Crippen LogP contribution in [0.2, 0.25) is 0 Å². The molecule has 0 aliphatic rings. The number of hydrogen-bond acceptors (Lipinski definition) is 3. The highest BCUT2D eigenvalue weighted by atomic mass is 16.5. The van der Waals surface area contributed by atoms with Crippen LogP contribution in [0.15, 0.2) is 78.9 Å². The maximum Gasteiger partial charge on any atom is 0.241 e. The summed E-state index contributed by atoms with van der Waals surface area (Å²) in [5.74, 6) is 0.837.